The Morgan fingerprint density at radius 2 is 1.86 bits per heavy atom. The number of carbonyl (C=O) groups excluding carboxylic acids is 1. The third kappa shape index (κ3) is 5.13. The van der Waals surface area contributed by atoms with Crippen molar-refractivity contribution in [3.8, 4) is 5.75 Å². The number of alkyl carbamates (subject to hydrolysis) is 1. The van der Waals surface area contributed by atoms with Crippen molar-refractivity contribution in [1.29, 1.82) is 0 Å². The molecule has 0 saturated heterocycles. The number of hydrogen-bond donors (Lipinski definition) is 2. The number of H-pyrrole nitrogens is 1. The van der Waals surface area contributed by atoms with Crippen LogP contribution in [0, 0.1) is 0 Å². The summed E-state index contributed by atoms with van der Waals surface area (Å²) in [6.45, 7) is 5.17. The van der Waals surface area contributed by atoms with Crippen molar-refractivity contribution in [2.75, 3.05) is 13.2 Å². The highest BCUT2D eigenvalue weighted by atomic mass is 19.1. The summed E-state index contributed by atoms with van der Waals surface area (Å²) in [5.41, 5.74) is 0.156. The van der Waals surface area contributed by atoms with Gasteiger partial charge in [-0.05, 0) is 50.4 Å². The first kappa shape index (κ1) is 20.4. The summed E-state index contributed by atoms with van der Waals surface area (Å²) in [5, 5.41) is 4.72. The molecule has 3 rings (SSSR count). The number of pyridine rings is 1. The maximum Gasteiger partial charge on any atom is 0.407 e. The predicted molar refractivity (Wildman–Crippen MR) is 111 cm³/mol. The third-order valence-corrected chi connectivity index (χ3v) is 4.14. The van der Waals surface area contributed by atoms with E-state index in [1.807, 2.05) is 12.1 Å². The monoisotopic (exact) mass is 398 g/mol. The second-order valence-corrected chi connectivity index (χ2v) is 7.62. The number of fused-ring (bicyclic) bond motifs is 3. The maximum absolute atomic E-state index is 13.2. The van der Waals surface area contributed by atoms with Gasteiger partial charge in [0.1, 0.15) is 18.0 Å². The number of aromatic nitrogens is 1. The second-order valence-electron chi connectivity index (χ2n) is 7.62. The molecule has 7 heteroatoms. The summed E-state index contributed by atoms with van der Waals surface area (Å²) < 4.78 is 24.0. The molecule has 0 atom stereocenters. The number of ether oxygens (including phenoxy) is 2. The fourth-order valence-electron chi connectivity index (χ4n) is 2.85. The Bertz CT molecular complexity index is 1130. The molecule has 0 spiro atoms. The lowest BCUT2D eigenvalue weighted by Crippen LogP contribution is -2.34. The SMILES string of the molecule is CC(C)(C)OC(=O)NC/C(=C\F)COc1ccc2[nH]c(=O)c3ccccc3c2c1. The molecule has 0 bridgehead atoms. The Kier molecular flexibility index (Phi) is 5.87. The van der Waals surface area contributed by atoms with Crippen LogP contribution in [0.1, 0.15) is 20.8 Å². The zero-order valence-corrected chi connectivity index (χ0v) is 16.5. The highest BCUT2D eigenvalue weighted by Crippen LogP contribution is 2.25. The van der Waals surface area contributed by atoms with Crippen LogP contribution in [-0.2, 0) is 4.74 Å². The van der Waals surface area contributed by atoms with Gasteiger partial charge in [-0.15, -0.1) is 0 Å². The first-order chi connectivity index (χ1) is 13.8. The van der Waals surface area contributed by atoms with Gasteiger partial charge in [-0.3, -0.25) is 4.79 Å². The molecule has 6 nitrogen and oxygen atoms in total. The molecule has 2 N–H and O–H groups in total. The molecule has 1 amide bonds. The third-order valence-electron chi connectivity index (χ3n) is 4.14. The van der Waals surface area contributed by atoms with E-state index in [0.29, 0.717) is 23.0 Å². The van der Waals surface area contributed by atoms with E-state index in [-0.39, 0.29) is 24.3 Å². The molecule has 1 aromatic heterocycles. The van der Waals surface area contributed by atoms with Crippen LogP contribution in [0.4, 0.5) is 9.18 Å². The Balaban J connectivity index is 1.71. The van der Waals surface area contributed by atoms with E-state index in [9.17, 15) is 14.0 Å². The summed E-state index contributed by atoms with van der Waals surface area (Å²) >= 11 is 0. The minimum atomic E-state index is -0.630. The van der Waals surface area contributed by atoms with Crippen LogP contribution in [0.3, 0.4) is 0 Å². The van der Waals surface area contributed by atoms with Crippen molar-refractivity contribution >= 4 is 27.8 Å². The number of carbonyl (C=O) groups is 1. The van der Waals surface area contributed by atoms with E-state index in [2.05, 4.69) is 10.3 Å². The van der Waals surface area contributed by atoms with Crippen LogP contribution in [0.2, 0.25) is 0 Å². The van der Waals surface area contributed by atoms with Crippen molar-refractivity contribution in [3.63, 3.8) is 0 Å². The smallest absolute Gasteiger partial charge is 0.407 e. The van der Waals surface area contributed by atoms with Crippen LogP contribution in [0.15, 0.2) is 59.2 Å². The topological polar surface area (TPSA) is 80.4 Å². The Morgan fingerprint density at radius 3 is 2.55 bits per heavy atom. The van der Waals surface area contributed by atoms with E-state index >= 15 is 0 Å². The summed E-state index contributed by atoms with van der Waals surface area (Å²) in [5.74, 6) is 0.520. The molecule has 0 aliphatic carbocycles. The van der Waals surface area contributed by atoms with Gasteiger partial charge in [0.05, 0.1) is 6.33 Å². The summed E-state index contributed by atoms with van der Waals surface area (Å²) in [7, 11) is 0. The molecular weight excluding hydrogens is 375 g/mol. The van der Waals surface area contributed by atoms with E-state index in [1.165, 1.54) is 0 Å². The minimum absolute atomic E-state index is 0.0325. The molecular formula is C22H23FN2O4. The Labute approximate surface area is 167 Å². The van der Waals surface area contributed by atoms with E-state index in [4.69, 9.17) is 9.47 Å². The van der Waals surface area contributed by atoms with Gasteiger partial charge in [0.15, 0.2) is 0 Å². The van der Waals surface area contributed by atoms with Gasteiger partial charge in [0.2, 0.25) is 0 Å². The van der Waals surface area contributed by atoms with Gasteiger partial charge >= 0.3 is 6.09 Å². The first-order valence-electron chi connectivity index (χ1n) is 9.19. The molecule has 29 heavy (non-hydrogen) atoms. The van der Waals surface area contributed by atoms with Crippen LogP contribution < -0.4 is 15.6 Å². The van der Waals surface area contributed by atoms with Crippen molar-refractivity contribution in [2.45, 2.75) is 26.4 Å². The quantitative estimate of drug-likeness (QED) is 0.623. The second kappa shape index (κ2) is 8.34. The molecule has 0 unspecified atom stereocenters. The summed E-state index contributed by atoms with van der Waals surface area (Å²) in [4.78, 5) is 26.7. The number of amides is 1. The summed E-state index contributed by atoms with van der Waals surface area (Å²) in [6, 6.07) is 12.5. The minimum Gasteiger partial charge on any atom is -0.489 e. The van der Waals surface area contributed by atoms with Gasteiger partial charge in [-0.25, -0.2) is 9.18 Å². The number of benzene rings is 2. The molecule has 0 aliphatic heterocycles. The molecule has 152 valence electrons. The van der Waals surface area contributed by atoms with Crippen molar-refractivity contribution in [2.24, 2.45) is 0 Å². The number of aromatic amines is 1. The van der Waals surface area contributed by atoms with E-state index < -0.39 is 11.7 Å². The number of hydrogen-bond acceptors (Lipinski definition) is 4. The average Bonchev–Trinajstić information content (AvgIpc) is 2.67. The fraction of sp³-hybridized carbons (Fsp3) is 0.273. The lowest BCUT2D eigenvalue weighted by atomic mass is 10.1. The normalized spacial score (nSPS) is 12.2. The molecule has 3 aromatic rings. The fourth-order valence-corrected chi connectivity index (χ4v) is 2.85. The molecule has 0 fully saturated rings. The molecule has 1 heterocycles. The zero-order valence-electron chi connectivity index (χ0n) is 16.5. The predicted octanol–water partition coefficient (Wildman–Crippen LogP) is 4.44. The summed E-state index contributed by atoms with van der Waals surface area (Å²) in [6.07, 6.45) is -0.219. The highest BCUT2D eigenvalue weighted by Gasteiger charge is 2.16. The largest absolute Gasteiger partial charge is 0.489 e. The van der Waals surface area contributed by atoms with E-state index in [1.54, 1.807) is 51.1 Å². The zero-order chi connectivity index (χ0) is 21.0. The van der Waals surface area contributed by atoms with Crippen LogP contribution in [0.5, 0.6) is 5.75 Å². The first-order valence-corrected chi connectivity index (χ1v) is 9.19. The van der Waals surface area contributed by atoms with Crippen LogP contribution in [0.25, 0.3) is 21.7 Å². The number of rotatable bonds is 5. The molecule has 0 radical (unpaired) electrons. The van der Waals surface area contributed by atoms with Crippen molar-refractivity contribution in [3.05, 3.63) is 64.7 Å². The van der Waals surface area contributed by atoms with Gasteiger partial charge in [-0.2, -0.15) is 0 Å². The molecule has 0 saturated carbocycles. The van der Waals surface area contributed by atoms with Gasteiger partial charge < -0.3 is 19.8 Å². The maximum atomic E-state index is 13.2. The van der Waals surface area contributed by atoms with Crippen molar-refractivity contribution in [1.82, 2.24) is 10.3 Å². The van der Waals surface area contributed by atoms with Gasteiger partial charge in [0.25, 0.3) is 5.56 Å². The lowest BCUT2D eigenvalue weighted by molar-refractivity contribution is 0.0531. The van der Waals surface area contributed by atoms with Crippen molar-refractivity contribution < 1.29 is 18.7 Å². The standard InChI is InChI=1S/C22H23FN2O4/c1-22(2,3)29-21(27)24-12-14(11-23)13-28-15-8-9-19-18(10-15)16-6-4-5-7-17(16)20(26)25-19/h4-11H,12-13H2,1-3H3,(H,24,27)(H,25,26)/b14-11+. The molecule has 2 aromatic carbocycles. The lowest BCUT2D eigenvalue weighted by Gasteiger charge is -2.20. The van der Waals surface area contributed by atoms with Gasteiger partial charge in [-0.1, -0.05) is 18.2 Å². The highest BCUT2D eigenvalue weighted by molar-refractivity contribution is 6.05. The Hall–Kier alpha value is -3.35. The van der Waals surface area contributed by atoms with Gasteiger partial charge in [0, 0.05) is 28.4 Å². The number of nitrogens with one attached hydrogen (secondary N) is 2. The van der Waals surface area contributed by atoms with Crippen LogP contribution in [-0.4, -0.2) is 29.8 Å². The van der Waals surface area contributed by atoms with E-state index in [0.717, 1.165) is 10.8 Å². The van der Waals surface area contributed by atoms with Crippen LogP contribution >= 0.6 is 0 Å². The Morgan fingerprint density at radius 1 is 1.14 bits per heavy atom. The molecule has 0 aliphatic rings. The average molecular weight is 398 g/mol. The number of halogens is 1.